The Kier molecular flexibility index (Phi) is 4.04. The van der Waals surface area contributed by atoms with E-state index in [0.717, 1.165) is 4.47 Å². The number of anilines is 1. The average Bonchev–Trinajstić information content (AvgIpc) is 2.35. The van der Waals surface area contributed by atoms with Crippen molar-refractivity contribution < 1.29 is 9.18 Å². The van der Waals surface area contributed by atoms with E-state index in [1.165, 1.54) is 18.2 Å². The van der Waals surface area contributed by atoms with Crippen LogP contribution in [0, 0.1) is 5.82 Å². The largest absolute Gasteiger partial charge is 0.322 e. The fraction of sp³-hybridized carbons (Fsp3) is 0. The highest BCUT2D eigenvalue weighted by molar-refractivity contribution is 9.10. The molecule has 2 aromatic rings. The van der Waals surface area contributed by atoms with Gasteiger partial charge in [0.1, 0.15) is 5.82 Å². The van der Waals surface area contributed by atoms with Gasteiger partial charge in [0.15, 0.2) is 0 Å². The lowest BCUT2D eigenvalue weighted by atomic mass is 10.2. The van der Waals surface area contributed by atoms with E-state index in [4.69, 9.17) is 0 Å². The van der Waals surface area contributed by atoms with Crippen LogP contribution in [-0.2, 0) is 0 Å². The van der Waals surface area contributed by atoms with Gasteiger partial charge in [0.2, 0.25) is 0 Å². The molecule has 0 heterocycles. The molecule has 0 bridgehead atoms. The first-order chi connectivity index (χ1) is 8.56. The van der Waals surface area contributed by atoms with Gasteiger partial charge in [-0.1, -0.05) is 15.9 Å². The van der Waals surface area contributed by atoms with E-state index in [2.05, 4.69) is 33.9 Å². The molecular formula is C13H9BrFNOS. The summed E-state index contributed by atoms with van der Waals surface area (Å²) in [6.07, 6.45) is 0. The van der Waals surface area contributed by atoms with Gasteiger partial charge in [0.25, 0.3) is 5.91 Å². The number of rotatable bonds is 2. The summed E-state index contributed by atoms with van der Waals surface area (Å²) in [5.74, 6) is -0.744. The van der Waals surface area contributed by atoms with Crippen molar-refractivity contribution in [1.82, 2.24) is 0 Å². The second kappa shape index (κ2) is 5.54. The smallest absolute Gasteiger partial charge is 0.255 e. The maximum atomic E-state index is 13.0. The fourth-order valence-corrected chi connectivity index (χ4v) is 1.87. The van der Waals surface area contributed by atoms with E-state index in [1.807, 2.05) is 12.1 Å². The quantitative estimate of drug-likeness (QED) is 0.799. The third kappa shape index (κ3) is 3.11. The Labute approximate surface area is 118 Å². The van der Waals surface area contributed by atoms with Crippen molar-refractivity contribution >= 4 is 40.2 Å². The minimum atomic E-state index is -0.446. The summed E-state index contributed by atoms with van der Waals surface area (Å²) < 4.78 is 14.0. The van der Waals surface area contributed by atoms with Crippen LogP contribution >= 0.6 is 28.6 Å². The monoisotopic (exact) mass is 325 g/mol. The van der Waals surface area contributed by atoms with E-state index in [-0.39, 0.29) is 10.8 Å². The highest BCUT2D eigenvalue weighted by Gasteiger charge is 2.08. The number of benzene rings is 2. The molecule has 0 saturated heterocycles. The van der Waals surface area contributed by atoms with Gasteiger partial charge >= 0.3 is 0 Å². The molecule has 18 heavy (non-hydrogen) atoms. The molecule has 1 amide bonds. The van der Waals surface area contributed by atoms with Gasteiger partial charge in [0, 0.05) is 20.6 Å². The summed E-state index contributed by atoms with van der Waals surface area (Å²) in [5, 5.41) is 2.72. The Morgan fingerprint density at radius 2 is 1.83 bits per heavy atom. The number of amides is 1. The van der Waals surface area contributed by atoms with Crippen LogP contribution in [0.1, 0.15) is 10.4 Å². The van der Waals surface area contributed by atoms with Crippen LogP contribution in [0.3, 0.4) is 0 Å². The highest BCUT2D eigenvalue weighted by atomic mass is 79.9. The SMILES string of the molecule is O=C(Nc1ccc(Br)cc1)c1ccc(F)c(S)c1. The maximum absolute atomic E-state index is 13.0. The number of nitrogens with one attached hydrogen (secondary N) is 1. The first kappa shape index (κ1) is 13.1. The maximum Gasteiger partial charge on any atom is 0.255 e. The van der Waals surface area contributed by atoms with E-state index in [9.17, 15) is 9.18 Å². The number of halogens is 2. The molecule has 2 aromatic carbocycles. The van der Waals surface area contributed by atoms with Gasteiger partial charge in [-0.05, 0) is 42.5 Å². The molecule has 2 rings (SSSR count). The first-order valence-electron chi connectivity index (χ1n) is 5.12. The van der Waals surface area contributed by atoms with Crippen molar-refractivity contribution in [3.8, 4) is 0 Å². The Bertz CT molecular complexity index is 586. The molecule has 0 unspecified atom stereocenters. The van der Waals surface area contributed by atoms with Crippen LogP contribution in [0.2, 0.25) is 0 Å². The van der Waals surface area contributed by atoms with Crippen molar-refractivity contribution in [2.24, 2.45) is 0 Å². The lowest BCUT2D eigenvalue weighted by Crippen LogP contribution is -2.11. The summed E-state index contributed by atoms with van der Waals surface area (Å²) in [6.45, 7) is 0. The molecule has 0 aliphatic carbocycles. The number of thiol groups is 1. The average molecular weight is 326 g/mol. The van der Waals surface area contributed by atoms with Crippen LogP contribution in [0.4, 0.5) is 10.1 Å². The Morgan fingerprint density at radius 3 is 2.44 bits per heavy atom. The minimum absolute atomic E-state index is 0.151. The molecule has 0 aliphatic heterocycles. The fourth-order valence-electron chi connectivity index (χ4n) is 1.39. The second-order valence-electron chi connectivity index (χ2n) is 3.63. The second-order valence-corrected chi connectivity index (χ2v) is 5.02. The molecular weight excluding hydrogens is 317 g/mol. The van der Waals surface area contributed by atoms with Crippen LogP contribution in [0.5, 0.6) is 0 Å². The van der Waals surface area contributed by atoms with Crippen LogP contribution in [0.15, 0.2) is 51.8 Å². The topological polar surface area (TPSA) is 29.1 Å². The van der Waals surface area contributed by atoms with Crippen molar-refractivity contribution in [1.29, 1.82) is 0 Å². The van der Waals surface area contributed by atoms with Crippen molar-refractivity contribution in [3.05, 3.63) is 58.3 Å². The summed E-state index contributed by atoms with van der Waals surface area (Å²) in [7, 11) is 0. The molecule has 0 spiro atoms. The van der Waals surface area contributed by atoms with Gasteiger partial charge in [-0.15, -0.1) is 12.6 Å². The first-order valence-corrected chi connectivity index (χ1v) is 6.36. The van der Waals surface area contributed by atoms with Crippen molar-refractivity contribution in [2.45, 2.75) is 4.90 Å². The predicted molar refractivity (Wildman–Crippen MR) is 75.7 cm³/mol. The third-order valence-corrected chi connectivity index (χ3v) is 3.18. The summed E-state index contributed by atoms with van der Waals surface area (Å²) in [4.78, 5) is 12.0. The molecule has 2 nitrogen and oxygen atoms in total. The van der Waals surface area contributed by atoms with Gasteiger partial charge < -0.3 is 5.32 Å². The zero-order chi connectivity index (χ0) is 13.1. The number of hydrogen-bond acceptors (Lipinski definition) is 2. The molecule has 0 fully saturated rings. The lowest BCUT2D eigenvalue weighted by Gasteiger charge is -2.06. The summed E-state index contributed by atoms with van der Waals surface area (Å²) in [5.41, 5.74) is 1.04. The summed E-state index contributed by atoms with van der Waals surface area (Å²) >= 11 is 7.25. The zero-order valence-electron chi connectivity index (χ0n) is 9.15. The molecule has 0 aliphatic rings. The van der Waals surface area contributed by atoms with Gasteiger partial charge in [-0.3, -0.25) is 4.79 Å². The molecule has 0 atom stereocenters. The number of carbonyl (C=O) groups excluding carboxylic acids is 1. The van der Waals surface area contributed by atoms with Gasteiger partial charge in [-0.25, -0.2) is 4.39 Å². The molecule has 1 N–H and O–H groups in total. The van der Waals surface area contributed by atoms with E-state index in [0.29, 0.717) is 11.3 Å². The molecule has 0 saturated carbocycles. The van der Waals surface area contributed by atoms with Gasteiger partial charge in [0.05, 0.1) is 0 Å². The van der Waals surface area contributed by atoms with Crippen molar-refractivity contribution in [3.63, 3.8) is 0 Å². The van der Waals surface area contributed by atoms with E-state index < -0.39 is 5.82 Å². The van der Waals surface area contributed by atoms with E-state index in [1.54, 1.807) is 12.1 Å². The third-order valence-electron chi connectivity index (χ3n) is 2.31. The Hall–Kier alpha value is -1.33. The standard InChI is InChI=1S/C13H9BrFNOS/c14-9-2-4-10(5-3-9)16-13(17)8-1-6-11(15)12(18)7-8/h1-7,18H,(H,16,17). The van der Waals surface area contributed by atoms with Crippen LogP contribution in [0.25, 0.3) is 0 Å². The molecule has 5 heteroatoms. The van der Waals surface area contributed by atoms with Crippen LogP contribution in [-0.4, -0.2) is 5.91 Å². The lowest BCUT2D eigenvalue weighted by molar-refractivity contribution is 0.102. The molecule has 0 radical (unpaired) electrons. The zero-order valence-corrected chi connectivity index (χ0v) is 11.6. The van der Waals surface area contributed by atoms with Gasteiger partial charge in [-0.2, -0.15) is 0 Å². The number of carbonyl (C=O) groups is 1. The van der Waals surface area contributed by atoms with Crippen LogP contribution < -0.4 is 5.32 Å². The highest BCUT2D eigenvalue weighted by Crippen LogP contribution is 2.17. The van der Waals surface area contributed by atoms with E-state index >= 15 is 0 Å². The minimum Gasteiger partial charge on any atom is -0.322 e. The Balaban J connectivity index is 2.16. The normalized spacial score (nSPS) is 10.2. The summed E-state index contributed by atoms with van der Waals surface area (Å²) in [6, 6.07) is 11.2. The molecule has 0 aromatic heterocycles. The number of hydrogen-bond donors (Lipinski definition) is 2. The predicted octanol–water partition coefficient (Wildman–Crippen LogP) is 4.13. The Morgan fingerprint density at radius 1 is 1.17 bits per heavy atom. The molecule has 92 valence electrons. The van der Waals surface area contributed by atoms with Crippen molar-refractivity contribution in [2.75, 3.05) is 5.32 Å².